The van der Waals surface area contributed by atoms with E-state index in [4.69, 9.17) is 15.0 Å². The van der Waals surface area contributed by atoms with Crippen LogP contribution in [0, 0.1) is 0 Å². The highest BCUT2D eigenvalue weighted by atomic mass is 15.0. The maximum Gasteiger partial charge on any atom is 0.164 e. The number of rotatable bonds is 8. The molecule has 0 aliphatic carbocycles. The van der Waals surface area contributed by atoms with Crippen LogP contribution in [0.2, 0.25) is 0 Å². The fourth-order valence-electron chi connectivity index (χ4n) is 7.12. The predicted octanol–water partition coefficient (Wildman–Crippen LogP) is 13.2. The van der Waals surface area contributed by atoms with Crippen molar-refractivity contribution in [3.63, 3.8) is 0 Å². The van der Waals surface area contributed by atoms with E-state index in [0.717, 1.165) is 66.8 Å². The summed E-state index contributed by atoms with van der Waals surface area (Å²) in [7, 11) is 0. The van der Waals surface area contributed by atoms with Crippen molar-refractivity contribution >= 4 is 0 Å². The van der Waals surface area contributed by atoms with Crippen molar-refractivity contribution in [2.75, 3.05) is 0 Å². The lowest BCUT2D eigenvalue weighted by atomic mass is 9.90. The molecule has 0 spiro atoms. The molecule has 0 radical (unpaired) electrons. The lowest BCUT2D eigenvalue weighted by Gasteiger charge is -2.17. The topological polar surface area (TPSA) is 38.7 Å². The summed E-state index contributed by atoms with van der Waals surface area (Å²) in [4.78, 5) is 15.7. The second-order valence-electron chi connectivity index (χ2n) is 13.2. The normalized spacial score (nSPS) is 11.0. The van der Waals surface area contributed by atoms with E-state index in [1.807, 2.05) is 6.07 Å². The number of nitrogens with zero attached hydrogens (tertiary/aromatic N) is 3. The van der Waals surface area contributed by atoms with Gasteiger partial charge in [-0.05, 0) is 56.1 Å². The van der Waals surface area contributed by atoms with E-state index in [0.29, 0.717) is 17.5 Å². The summed E-state index contributed by atoms with van der Waals surface area (Å²) < 4.78 is 0. The second kappa shape index (κ2) is 14.8. The van der Waals surface area contributed by atoms with Gasteiger partial charge in [-0.15, -0.1) is 0 Å². The van der Waals surface area contributed by atoms with Gasteiger partial charge in [0, 0.05) is 22.3 Å². The molecule has 0 amide bonds. The first-order chi connectivity index (χ1) is 26.8. The average Bonchev–Trinajstić information content (AvgIpc) is 3.27. The van der Waals surface area contributed by atoms with Crippen LogP contribution in [0.3, 0.4) is 0 Å². The Labute approximate surface area is 316 Å². The molecule has 8 aromatic carbocycles. The Bertz CT molecular complexity index is 2660. The quantitative estimate of drug-likeness (QED) is 0.159. The van der Waals surface area contributed by atoms with Gasteiger partial charge >= 0.3 is 0 Å². The Balaban J connectivity index is 1.27. The lowest BCUT2D eigenvalue weighted by molar-refractivity contribution is 1.07. The van der Waals surface area contributed by atoms with Gasteiger partial charge in [-0.1, -0.05) is 206 Å². The zero-order valence-electron chi connectivity index (χ0n) is 29.5. The number of hydrogen-bond acceptors (Lipinski definition) is 3. The van der Waals surface area contributed by atoms with Gasteiger partial charge < -0.3 is 0 Å². The van der Waals surface area contributed by atoms with Gasteiger partial charge in [0.1, 0.15) is 0 Å². The zero-order chi connectivity index (χ0) is 36.1. The van der Waals surface area contributed by atoms with Gasteiger partial charge in [-0.3, -0.25) is 0 Å². The maximum absolute atomic E-state index is 5.30. The molecule has 3 heteroatoms. The molecular formula is C51H35N3. The van der Waals surface area contributed by atoms with Crippen LogP contribution >= 0.6 is 0 Å². The first-order valence-corrected chi connectivity index (χ1v) is 18.2. The van der Waals surface area contributed by atoms with Gasteiger partial charge in [-0.25, -0.2) is 15.0 Å². The molecule has 0 atom stereocenters. The monoisotopic (exact) mass is 689 g/mol. The highest BCUT2D eigenvalue weighted by Crippen LogP contribution is 2.41. The minimum absolute atomic E-state index is 0.614. The fraction of sp³-hybridized carbons (Fsp3) is 0. The van der Waals surface area contributed by atoms with Crippen LogP contribution < -0.4 is 0 Å². The van der Waals surface area contributed by atoms with Crippen LogP contribution in [0.25, 0.3) is 89.8 Å². The molecule has 0 unspecified atom stereocenters. The van der Waals surface area contributed by atoms with Gasteiger partial charge in [0.25, 0.3) is 0 Å². The Hall–Kier alpha value is -7.23. The van der Waals surface area contributed by atoms with Gasteiger partial charge in [0.05, 0.1) is 0 Å². The first kappa shape index (κ1) is 32.7. The van der Waals surface area contributed by atoms with E-state index in [2.05, 4.69) is 206 Å². The third-order valence-electron chi connectivity index (χ3n) is 9.79. The van der Waals surface area contributed by atoms with Crippen LogP contribution in [-0.4, -0.2) is 15.0 Å². The summed E-state index contributed by atoms with van der Waals surface area (Å²) in [5.41, 5.74) is 14.1. The van der Waals surface area contributed by atoms with Crippen LogP contribution in [0.4, 0.5) is 0 Å². The molecule has 0 N–H and O–H groups in total. The molecule has 54 heavy (non-hydrogen) atoms. The SMILES string of the molecule is c1ccc(-c2ccc(-c3nc(-c4ccc(-c5ccccc5)c(-c5ccccc5)c4)nc(-c4cccc(-c5ccccc5)c4-c4ccccc4)n3)cc2)cc1. The van der Waals surface area contributed by atoms with E-state index < -0.39 is 0 Å². The van der Waals surface area contributed by atoms with Crippen molar-refractivity contribution in [2.24, 2.45) is 0 Å². The van der Waals surface area contributed by atoms with Gasteiger partial charge in [-0.2, -0.15) is 0 Å². The Kier molecular flexibility index (Phi) is 8.94. The highest BCUT2D eigenvalue weighted by molar-refractivity contribution is 5.94. The molecular weight excluding hydrogens is 655 g/mol. The molecule has 0 aliphatic heterocycles. The Morgan fingerprint density at radius 3 is 1.17 bits per heavy atom. The second-order valence-corrected chi connectivity index (χ2v) is 13.2. The summed E-state index contributed by atoms with van der Waals surface area (Å²) in [6, 6.07) is 74.0. The van der Waals surface area contributed by atoms with Crippen LogP contribution in [0.1, 0.15) is 0 Å². The lowest BCUT2D eigenvalue weighted by Crippen LogP contribution is -2.02. The molecule has 9 aromatic rings. The van der Waals surface area contributed by atoms with Crippen LogP contribution in [-0.2, 0) is 0 Å². The maximum atomic E-state index is 5.30. The Morgan fingerprint density at radius 2 is 0.593 bits per heavy atom. The first-order valence-electron chi connectivity index (χ1n) is 18.2. The third kappa shape index (κ3) is 6.63. The molecule has 3 nitrogen and oxygen atoms in total. The smallest absolute Gasteiger partial charge is 0.164 e. The standard InChI is InChI=1S/C51H35N3/c1-6-17-36(18-7-1)37-29-31-42(32-30-37)49-52-50(43-33-34-44(38-19-8-2-9-20-38)47(35-43)40-23-12-4-13-24-40)54-51(53-49)46-28-16-27-45(39-21-10-3-11-22-39)48(46)41-25-14-5-15-26-41/h1-35H. The summed E-state index contributed by atoms with van der Waals surface area (Å²) in [5.74, 6) is 1.85. The van der Waals surface area contributed by atoms with Crippen molar-refractivity contribution in [2.45, 2.75) is 0 Å². The van der Waals surface area contributed by atoms with Gasteiger partial charge in [0.15, 0.2) is 17.5 Å². The van der Waals surface area contributed by atoms with E-state index >= 15 is 0 Å². The van der Waals surface area contributed by atoms with Crippen LogP contribution in [0.15, 0.2) is 212 Å². The number of aromatic nitrogens is 3. The molecule has 0 aliphatic rings. The molecule has 0 saturated carbocycles. The summed E-state index contributed by atoms with van der Waals surface area (Å²) in [5, 5.41) is 0. The average molecular weight is 690 g/mol. The van der Waals surface area contributed by atoms with E-state index in [1.54, 1.807) is 0 Å². The molecule has 0 fully saturated rings. The van der Waals surface area contributed by atoms with Gasteiger partial charge in [0.2, 0.25) is 0 Å². The van der Waals surface area contributed by atoms with Crippen molar-refractivity contribution in [3.05, 3.63) is 212 Å². The van der Waals surface area contributed by atoms with Crippen LogP contribution in [0.5, 0.6) is 0 Å². The summed E-state index contributed by atoms with van der Waals surface area (Å²) in [6.45, 7) is 0. The van der Waals surface area contributed by atoms with Crippen molar-refractivity contribution in [3.8, 4) is 89.8 Å². The van der Waals surface area contributed by atoms with E-state index in [-0.39, 0.29) is 0 Å². The largest absolute Gasteiger partial charge is 0.208 e. The Morgan fingerprint density at radius 1 is 0.204 bits per heavy atom. The zero-order valence-corrected chi connectivity index (χ0v) is 29.5. The van der Waals surface area contributed by atoms with Crippen molar-refractivity contribution in [1.29, 1.82) is 0 Å². The molecule has 0 bridgehead atoms. The molecule has 9 rings (SSSR count). The van der Waals surface area contributed by atoms with Crippen molar-refractivity contribution < 1.29 is 0 Å². The summed E-state index contributed by atoms with van der Waals surface area (Å²) >= 11 is 0. The summed E-state index contributed by atoms with van der Waals surface area (Å²) in [6.07, 6.45) is 0. The van der Waals surface area contributed by atoms with E-state index in [1.165, 1.54) is 5.56 Å². The third-order valence-corrected chi connectivity index (χ3v) is 9.79. The number of benzene rings is 8. The predicted molar refractivity (Wildman–Crippen MR) is 223 cm³/mol. The minimum Gasteiger partial charge on any atom is -0.208 e. The minimum atomic E-state index is 0.614. The van der Waals surface area contributed by atoms with E-state index in [9.17, 15) is 0 Å². The molecule has 1 aromatic heterocycles. The highest BCUT2D eigenvalue weighted by Gasteiger charge is 2.20. The fourth-order valence-corrected chi connectivity index (χ4v) is 7.12. The van der Waals surface area contributed by atoms with Crippen molar-refractivity contribution in [1.82, 2.24) is 15.0 Å². The number of hydrogen-bond donors (Lipinski definition) is 0. The molecule has 1 heterocycles. The molecule has 0 saturated heterocycles. The molecule has 254 valence electrons.